The number of hydrogen-bond donors (Lipinski definition) is 1. The number of anilines is 1. The van der Waals surface area contributed by atoms with Gasteiger partial charge in [0.15, 0.2) is 0 Å². The molecule has 1 N–H and O–H groups in total. The van der Waals surface area contributed by atoms with Gasteiger partial charge in [-0.05, 0) is 49.6 Å². The van der Waals surface area contributed by atoms with Gasteiger partial charge in [0.25, 0.3) is 0 Å². The fraction of sp³-hybridized carbons (Fsp3) is 0.300. The number of benzene rings is 1. The second-order valence-electron chi connectivity index (χ2n) is 6.55. The second kappa shape index (κ2) is 6.69. The van der Waals surface area contributed by atoms with Gasteiger partial charge in [-0.3, -0.25) is 4.79 Å². The molecular formula is C20H21N3O2. The predicted octanol–water partition coefficient (Wildman–Crippen LogP) is 3.67. The van der Waals surface area contributed by atoms with E-state index in [1.54, 1.807) is 0 Å². The zero-order valence-corrected chi connectivity index (χ0v) is 14.2. The summed E-state index contributed by atoms with van der Waals surface area (Å²) in [6.07, 6.45) is 5.63. The Morgan fingerprint density at radius 2 is 1.96 bits per heavy atom. The van der Waals surface area contributed by atoms with Gasteiger partial charge in [0, 0.05) is 42.8 Å². The molecule has 0 radical (unpaired) electrons. The summed E-state index contributed by atoms with van der Waals surface area (Å²) in [6, 6.07) is 12.0. The van der Waals surface area contributed by atoms with E-state index in [4.69, 9.17) is 4.74 Å². The lowest BCUT2D eigenvalue weighted by Gasteiger charge is -2.21. The van der Waals surface area contributed by atoms with Crippen LogP contribution < -0.4 is 5.32 Å². The zero-order valence-electron chi connectivity index (χ0n) is 14.2. The maximum atomic E-state index is 12.3. The van der Waals surface area contributed by atoms with Crippen molar-refractivity contribution in [2.45, 2.75) is 19.8 Å². The smallest absolute Gasteiger partial charge is 0.227 e. The third-order valence-electron chi connectivity index (χ3n) is 4.66. The average molecular weight is 335 g/mol. The van der Waals surface area contributed by atoms with Crippen LogP contribution in [0.15, 0.2) is 48.8 Å². The van der Waals surface area contributed by atoms with Crippen LogP contribution in [0, 0.1) is 12.8 Å². The molecule has 1 aliphatic heterocycles. The maximum absolute atomic E-state index is 12.3. The molecule has 0 spiro atoms. The van der Waals surface area contributed by atoms with Gasteiger partial charge in [0.2, 0.25) is 5.91 Å². The van der Waals surface area contributed by atoms with Crippen LogP contribution in [0.5, 0.6) is 0 Å². The number of carbonyl (C=O) groups excluding carboxylic acids is 1. The quantitative estimate of drug-likeness (QED) is 0.794. The first kappa shape index (κ1) is 15.8. The summed E-state index contributed by atoms with van der Waals surface area (Å²) in [5, 5.41) is 3.00. The molecule has 1 amide bonds. The van der Waals surface area contributed by atoms with Crippen LogP contribution in [0.25, 0.3) is 16.9 Å². The van der Waals surface area contributed by atoms with Crippen LogP contribution in [0.4, 0.5) is 5.69 Å². The lowest BCUT2D eigenvalue weighted by Crippen LogP contribution is -2.28. The number of imidazole rings is 1. The Morgan fingerprint density at radius 3 is 2.72 bits per heavy atom. The molecule has 25 heavy (non-hydrogen) atoms. The predicted molar refractivity (Wildman–Crippen MR) is 97.5 cm³/mol. The highest BCUT2D eigenvalue weighted by molar-refractivity contribution is 5.92. The van der Waals surface area contributed by atoms with Crippen molar-refractivity contribution >= 4 is 17.2 Å². The Morgan fingerprint density at radius 1 is 1.20 bits per heavy atom. The average Bonchev–Trinajstić information content (AvgIpc) is 3.06. The fourth-order valence-electron chi connectivity index (χ4n) is 3.15. The zero-order chi connectivity index (χ0) is 17.2. The molecule has 1 saturated heterocycles. The Hall–Kier alpha value is -2.66. The number of aromatic nitrogens is 2. The number of carbonyl (C=O) groups is 1. The van der Waals surface area contributed by atoms with E-state index in [0.717, 1.165) is 35.4 Å². The Labute approximate surface area is 146 Å². The number of pyridine rings is 1. The van der Waals surface area contributed by atoms with Crippen LogP contribution in [-0.4, -0.2) is 28.5 Å². The third-order valence-corrected chi connectivity index (χ3v) is 4.66. The third kappa shape index (κ3) is 3.42. The summed E-state index contributed by atoms with van der Waals surface area (Å²) < 4.78 is 7.33. The molecule has 0 aliphatic carbocycles. The number of amides is 1. The van der Waals surface area contributed by atoms with Crippen molar-refractivity contribution in [1.29, 1.82) is 0 Å². The van der Waals surface area contributed by atoms with Crippen molar-refractivity contribution in [2.24, 2.45) is 5.92 Å². The molecule has 1 aliphatic rings. The van der Waals surface area contributed by atoms with E-state index < -0.39 is 0 Å². The molecular weight excluding hydrogens is 314 g/mol. The lowest BCUT2D eigenvalue weighted by atomic mass is 9.99. The first-order valence-corrected chi connectivity index (χ1v) is 8.63. The van der Waals surface area contributed by atoms with Crippen molar-refractivity contribution in [1.82, 2.24) is 9.38 Å². The van der Waals surface area contributed by atoms with Crippen molar-refractivity contribution in [3.05, 3.63) is 54.4 Å². The molecule has 3 aromatic rings. The van der Waals surface area contributed by atoms with Gasteiger partial charge in [-0.15, -0.1) is 0 Å². The summed E-state index contributed by atoms with van der Waals surface area (Å²) >= 11 is 0. The Bertz CT molecular complexity index is 893. The fourth-order valence-corrected chi connectivity index (χ4v) is 3.15. The second-order valence-corrected chi connectivity index (χ2v) is 6.55. The van der Waals surface area contributed by atoms with Crippen molar-refractivity contribution in [3.8, 4) is 11.3 Å². The molecule has 5 nitrogen and oxygen atoms in total. The lowest BCUT2D eigenvalue weighted by molar-refractivity contribution is -0.122. The van der Waals surface area contributed by atoms with E-state index in [-0.39, 0.29) is 11.8 Å². The van der Waals surface area contributed by atoms with Gasteiger partial charge in [-0.1, -0.05) is 12.1 Å². The van der Waals surface area contributed by atoms with Crippen LogP contribution in [0.2, 0.25) is 0 Å². The molecule has 0 unspecified atom stereocenters. The molecule has 4 rings (SSSR count). The molecule has 0 saturated carbocycles. The van der Waals surface area contributed by atoms with Crippen LogP contribution >= 0.6 is 0 Å². The molecule has 5 heteroatoms. The van der Waals surface area contributed by atoms with Gasteiger partial charge >= 0.3 is 0 Å². The SMILES string of the molecule is Cc1ccn2cc(-c3ccc(NC(=O)C4CCOCC4)cc3)nc2c1. The highest BCUT2D eigenvalue weighted by Gasteiger charge is 2.21. The minimum atomic E-state index is 0.0510. The van der Waals surface area contributed by atoms with Crippen molar-refractivity contribution in [3.63, 3.8) is 0 Å². The Balaban J connectivity index is 1.49. The van der Waals surface area contributed by atoms with Crippen LogP contribution in [-0.2, 0) is 9.53 Å². The summed E-state index contributed by atoms with van der Waals surface area (Å²) in [5.41, 5.74) is 4.90. The molecule has 3 heterocycles. The monoisotopic (exact) mass is 335 g/mol. The molecule has 0 bridgehead atoms. The minimum Gasteiger partial charge on any atom is -0.381 e. The number of aryl methyl sites for hydroxylation is 1. The van der Waals surface area contributed by atoms with Gasteiger partial charge in [0.1, 0.15) is 5.65 Å². The summed E-state index contributed by atoms with van der Waals surface area (Å²) in [4.78, 5) is 17.0. The molecule has 128 valence electrons. The number of rotatable bonds is 3. The molecule has 2 aromatic heterocycles. The number of nitrogens with zero attached hydrogens (tertiary/aromatic N) is 2. The van der Waals surface area contributed by atoms with Gasteiger partial charge < -0.3 is 14.5 Å². The van der Waals surface area contributed by atoms with Gasteiger partial charge in [0.05, 0.1) is 5.69 Å². The van der Waals surface area contributed by atoms with E-state index in [0.29, 0.717) is 13.2 Å². The molecule has 1 aromatic carbocycles. The number of fused-ring (bicyclic) bond motifs is 1. The van der Waals surface area contributed by atoms with Gasteiger partial charge in [-0.2, -0.15) is 0 Å². The molecule has 1 fully saturated rings. The van der Waals surface area contributed by atoms with E-state index in [1.165, 1.54) is 5.56 Å². The summed E-state index contributed by atoms with van der Waals surface area (Å²) in [7, 11) is 0. The highest BCUT2D eigenvalue weighted by atomic mass is 16.5. The van der Waals surface area contributed by atoms with Crippen molar-refractivity contribution < 1.29 is 9.53 Å². The minimum absolute atomic E-state index is 0.0510. The van der Waals surface area contributed by atoms with Crippen molar-refractivity contribution in [2.75, 3.05) is 18.5 Å². The summed E-state index contributed by atoms with van der Waals surface area (Å²) in [5.74, 6) is 0.134. The van der Waals surface area contributed by atoms with E-state index in [9.17, 15) is 4.79 Å². The molecule has 0 atom stereocenters. The first-order valence-electron chi connectivity index (χ1n) is 8.63. The van der Waals surface area contributed by atoms with Gasteiger partial charge in [-0.25, -0.2) is 4.98 Å². The first-order chi connectivity index (χ1) is 12.2. The normalized spacial score (nSPS) is 15.4. The van der Waals surface area contributed by atoms with E-state index >= 15 is 0 Å². The summed E-state index contributed by atoms with van der Waals surface area (Å²) in [6.45, 7) is 3.40. The Kier molecular flexibility index (Phi) is 4.24. The van der Waals surface area contributed by atoms with E-state index in [2.05, 4.69) is 29.4 Å². The maximum Gasteiger partial charge on any atom is 0.227 e. The van der Waals surface area contributed by atoms with E-state index in [1.807, 2.05) is 41.1 Å². The topological polar surface area (TPSA) is 55.6 Å². The number of hydrogen-bond acceptors (Lipinski definition) is 3. The highest BCUT2D eigenvalue weighted by Crippen LogP contribution is 2.23. The number of ether oxygens (including phenoxy) is 1. The van der Waals surface area contributed by atoms with Crippen LogP contribution in [0.1, 0.15) is 18.4 Å². The standard InChI is InChI=1S/C20H21N3O2/c1-14-6-9-23-13-18(22-19(23)12-14)15-2-4-17(5-3-15)21-20(24)16-7-10-25-11-8-16/h2-6,9,12-13,16H,7-8,10-11H2,1H3,(H,21,24). The number of nitrogens with one attached hydrogen (secondary N) is 1. The van der Waals surface area contributed by atoms with Crippen LogP contribution in [0.3, 0.4) is 0 Å². The largest absolute Gasteiger partial charge is 0.381 e.